The lowest BCUT2D eigenvalue weighted by atomic mass is 10.1. The molecule has 1 aromatic heterocycles. The number of aromatic amines is 1. The van der Waals surface area contributed by atoms with E-state index in [4.69, 9.17) is 9.47 Å². The van der Waals surface area contributed by atoms with Gasteiger partial charge in [0.15, 0.2) is 17.2 Å². The van der Waals surface area contributed by atoms with Gasteiger partial charge >= 0.3 is 0 Å². The highest BCUT2D eigenvalue weighted by molar-refractivity contribution is 6.05. The van der Waals surface area contributed by atoms with E-state index in [9.17, 15) is 14.4 Å². The molecule has 3 aromatic rings. The number of aromatic nitrogens is 2. The monoisotopic (exact) mass is 366 g/mol. The lowest BCUT2D eigenvalue weighted by Gasteiger charge is -2.25. The molecule has 2 aromatic carbocycles. The van der Waals surface area contributed by atoms with E-state index in [1.54, 1.807) is 48.5 Å². The molecule has 136 valence electrons. The summed E-state index contributed by atoms with van der Waals surface area (Å²) in [7, 11) is 0. The zero-order valence-electron chi connectivity index (χ0n) is 13.9. The predicted octanol–water partition coefficient (Wildman–Crippen LogP) is 0.524. The predicted molar refractivity (Wildman–Crippen MR) is 94.3 cm³/mol. The Labute approximate surface area is 152 Å². The van der Waals surface area contributed by atoms with Crippen molar-refractivity contribution >= 4 is 22.6 Å². The molecule has 2 heterocycles. The number of para-hydroxylation sites is 2. The molecular formula is C18H14N4O5. The zero-order valence-corrected chi connectivity index (χ0v) is 13.9. The molecule has 0 spiro atoms. The van der Waals surface area contributed by atoms with Crippen LogP contribution >= 0.6 is 0 Å². The SMILES string of the molecule is O=C(NNC(=O)[C@H]1COc2ccccc2O1)c1n[nH]c(=O)c2ccccc12. The molecule has 0 saturated heterocycles. The summed E-state index contributed by atoms with van der Waals surface area (Å²) in [5.41, 5.74) is 4.14. The van der Waals surface area contributed by atoms with Gasteiger partial charge in [-0.2, -0.15) is 5.10 Å². The number of fused-ring (bicyclic) bond motifs is 2. The van der Waals surface area contributed by atoms with Crippen LogP contribution in [0.3, 0.4) is 0 Å². The summed E-state index contributed by atoms with van der Waals surface area (Å²) >= 11 is 0. The maximum atomic E-state index is 12.4. The third-order valence-corrected chi connectivity index (χ3v) is 4.01. The molecule has 9 nitrogen and oxygen atoms in total. The number of nitrogens with one attached hydrogen (secondary N) is 3. The Kier molecular flexibility index (Phi) is 4.17. The third kappa shape index (κ3) is 3.17. The standard InChI is InChI=1S/C18H14N4O5/c23-16-11-6-2-1-5-10(11)15(19-20-16)18(25)22-21-17(24)14-9-26-12-7-3-4-8-13(12)27-14/h1-8,14H,9H2,(H,20,23)(H,21,24)(H,22,25)/t14-/m1/s1. The minimum atomic E-state index is -0.916. The van der Waals surface area contributed by atoms with Crippen molar-refractivity contribution in [2.75, 3.05) is 6.61 Å². The number of ether oxygens (including phenoxy) is 2. The Morgan fingerprint density at radius 1 is 1.00 bits per heavy atom. The molecular weight excluding hydrogens is 352 g/mol. The molecule has 4 rings (SSSR count). The van der Waals surface area contributed by atoms with Gasteiger partial charge in [-0.1, -0.05) is 30.3 Å². The Morgan fingerprint density at radius 2 is 1.70 bits per heavy atom. The second kappa shape index (κ2) is 6.79. The van der Waals surface area contributed by atoms with E-state index in [0.717, 1.165) is 0 Å². The summed E-state index contributed by atoms with van der Waals surface area (Å²) < 4.78 is 11.0. The number of benzene rings is 2. The summed E-state index contributed by atoms with van der Waals surface area (Å²) in [5, 5.41) is 6.73. The molecule has 0 radical (unpaired) electrons. The lowest BCUT2D eigenvalue weighted by Crippen LogP contribution is -2.51. The van der Waals surface area contributed by atoms with Gasteiger partial charge in [0.2, 0.25) is 6.10 Å². The van der Waals surface area contributed by atoms with Crippen LogP contribution in [0.25, 0.3) is 10.8 Å². The first-order chi connectivity index (χ1) is 13.1. The van der Waals surface area contributed by atoms with Crippen LogP contribution in [0.1, 0.15) is 10.5 Å². The zero-order chi connectivity index (χ0) is 18.8. The van der Waals surface area contributed by atoms with Crippen LogP contribution in [-0.2, 0) is 4.79 Å². The van der Waals surface area contributed by atoms with E-state index in [2.05, 4.69) is 21.0 Å². The number of amides is 2. The minimum absolute atomic E-state index is 0.0125. The molecule has 27 heavy (non-hydrogen) atoms. The fourth-order valence-corrected chi connectivity index (χ4v) is 2.69. The number of hydrogen-bond donors (Lipinski definition) is 3. The van der Waals surface area contributed by atoms with Gasteiger partial charge in [-0.25, -0.2) is 5.10 Å². The van der Waals surface area contributed by atoms with Crippen molar-refractivity contribution in [2.45, 2.75) is 6.10 Å². The molecule has 0 unspecified atom stereocenters. The van der Waals surface area contributed by atoms with E-state index in [-0.39, 0.29) is 12.3 Å². The number of carbonyl (C=O) groups excluding carboxylic acids is 2. The number of hydrazine groups is 1. The molecule has 1 aliphatic rings. The first-order valence-electron chi connectivity index (χ1n) is 8.09. The third-order valence-electron chi connectivity index (χ3n) is 4.01. The van der Waals surface area contributed by atoms with E-state index in [1.807, 2.05) is 0 Å². The maximum absolute atomic E-state index is 12.4. The van der Waals surface area contributed by atoms with Crippen molar-refractivity contribution < 1.29 is 19.1 Å². The first kappa shape index (κ1) is 16.6. The van der Waals surface area contributed by atoms with Crippen molar-refractivity contribution in [1.82, 2.24) is 21.0 Å². The van der Waals surface area contributed by atoms with Gasteiger partial charge in [-0.15, -0.1) is 0 Å². The number of carbonyl (C=O) groups is 2. The average Bonchev–Trinajstić information content (AvgIpc) is 2.72. The fraction of sp³-hybridized carbons (Fsp3) is 0.111. The van der Waals surface area contributed by atoms with Crippen LogP contribution in [0.2, 0.25) is 0 Å². The van der Waals surface area contributed by atoms with Crippen LogP contribution in [-0.4, -0.2) is 34.7 Å². The Hall–Kier alpha value is -3.88. The lowest BCUT2D eigenvalue weighted by molar-refractivity contribution is -0.131. The van der Waals surface area contributed by atoms with Crippen molar-refractivity contribution in [3.63, 3.8) is 0 Å². The summed E-state index contributed by atoms with van der Waals surface area (Å²) in [4.78, 5) is 36.4. The molecule has 9 heteroatoms. The van der Waals surface area contributed by atoms with Crippen molar-refractivity contribution in [3.8, 4) is 11.5 Å². The fourth-order valence-electron chi connectivity index (χ4n) is 2.69. The van der Waals surface area contributed by atoms with Gasteiger partial charge in [0.1, 0.15) is 6.61 Å². The van der Waals surface area contributed by atoms with Crippen LogP contribution in [0.4, 0.5) is 0 Å². The number of hydrogen-bond acceptors (Lipinski definition) is 6. The topological polar surface area (TPSA) is 122 Å². The van der Waals surface area contributed by atoms with Crippen LogP contribution in [0.5, 0.6) is 11.5 Å². The largest absolute Gasteiger partial charge is 0.485 e. The smallest absolute Gasteiger partial charge is 0.290 e. The highest BCUT2D eigenvalue weighted by Gasteiger charge is 2.27. The summed E-state index contributed by atoms with van der Waals surface area (Å²) in [6, 6.07) is 13.5. The highest BCUT2D eigenvalue weighted by Crippen LogP contribution is 2.30. The Balaban J connectivity index is 1.45. The summed E-state index contributed by atoms with van der Waals surface area (Å²) in [5.74, 6) is -0.252. The Bertz CT molecular complexity index is 1090. The van der Waals surface area contributed by atoms with Gasteiger partial charge in [-0.3, -0.25) is 25.2 Å². The molecule has 0 bridgehead atoms. The van der Waals surface area contributed by atoms with Crippen LogP contribution in [0.15, 0.2) is 53.3 Å². The van der Waals surface area contributed by atoms with E-state index >= 15 is 0 Å². The van der Waals surface area contributed by atoms with E-state index in [1.165, 1.54) is 0 Å². The first-order valence-corrected chi connectivity index (χ1v) is 8.09. The average molecular weight is 366 g/mol. The molecule has 1 aliphatic heterocycles. The van der Waals surface area contributed by atoms with Gasteiger partial charge in [0, 0.05) is 5.39 Å². The van der Waals surface area contributed by atoms with Gasteiger partial charge in [0.25, 0.3) is 17.4 Å². The van der Waals surface area contributed by atoms with E-state index in [0.29, 0.717) is 22.3 Å². The van der Waals surface area contributed by atoms with Crippen molar-refractivity contribution in [1.29, 1.82) is 0 Å². The minimum Gasteiger partial charge on any atom is -0.485 e. The van der Waals surface area contributed by atoms with E-state index < -0.39 is 23.5 Å². The van der Waals surface area contributed by atoms with Crippen molar-refractivity contribution in [2.24, 2.45) is 0 Å². The second-order valence-electron chi connectivity index (χ2n) is 5.75. The second-order valence-corrected chi connectivity index (χ2v) is 5.75. The number of rotatable bonds is 2. The quantitative estimate of drug-likeness (QED) is 0.569. The van der Waals surface area contributed by atoms with Crippen molar-refractivity contribution in [3.05, 3.63) is 64.6 Å². The molecule has 0 saturated carbocycles. The molecule has 0 aliphatic carbocycles. The Morgan fingerprint density at radius 3 is 2.52 bits per heavy atom. The highest BCUT2D eigenvalue weighted by atomic mass is 16.6. The van der Waals surface area contributed by atoms with Gasteiger partial charge < -0.3 is 9.47 Å². The summed E-state index contributed by atoms with van der Waals surface area (Å²) in [6.45, 7) is 0.0125. The summed E-state index contributed by atoms with van der Waals surface area (Å²) in [6.07, 6.45) is -0.916. The molecule has 2 amide bonds. The number of H-pyrrole nitrogens is 1. The molecule has 3 N–H and O–H groups in total. The van der Waals surface area contributed by atoms with Gasteiger partial charge in [0.05, 0.1) is 5.39 Å². The van der Waals surface area contributed by atoms with Gasteiger partial charge in [-0.05, 0) is 18.2 Å². The number of nitrogens with zero attached hydrogens (tertiary/aromatic N) is 1. The molecule has 1 atom stereocenters. The van der Waals surface area contributed by atoms with Crippen LogP contribution < -0.4 is 25.9 Å². The normalized spacial score (nSPS) is 15.2. The molecule has 0 fully saturated rings. The van der Waals surface area contributed by atoms with Crippen LogP contribution in [0, 0.1) is 0 Å². The maximum Gasteiger partial charge on any atom is 0.290 e.